The van der Waals surface area contributed by atoms with Gasteiger partial charge in [-0.15, -0.1) is 0 Å². The number of aromatic nitrogens is 1. The highest BCUT2D eigenvalue weighted by Gasteiger charge is 2.29. The number of methoxy groups -OCH3 is 1. The van der Waals surface area contributed by atoms with Crippen LogP contribution in [0.4, 0.5) is 0 Å². The molecular weight excluding hydrogens is 424 g/mol. The van der Waals surface area contributed by atoms with Crippen molar-refractivity contribution in [3.8, 4) is 22.6 Å². The molecule has 170 valence electrons. The Morgan fingerprint density at radius 2 is 1.69 bits per heavy atom. The summed E-state index contributed by atoms with van der Waals surface area (Å²) in [7, 11) is -1.44. The van der Waals surface area contributed by atoms with Crippen molar-refractivity contribution in [2.45, 2.75) is 50.3 Å². The number of hydrogen-bond donors (Lipinski definition) is 0. The first-order valence-corrected chi connectivity index (χ1v) is 12.8. The van der Waals surface area contributed by atoms with Gasteiger partial charge in [0.2, 0.25) is 5.89 Å². The number of benzene rings is 2. The lowest BCUT2D eigenvalue weighted by Gasteiger charge is -2.29. The van der Waals surface area contributed by atoms with E-state index in [-0.39, 0.29) is 6.23 Å². The van der Waals surface area contributed by atoms with Crippen LogP contribution in [0, 0.1) is 6.92 Å². The number of ether oxygens (including phenoxy) is 1. The van der Waals surface area contributed by atoms with Gasteiger partial charge in [0.25, 0.3) is 0 Å². The van der Waals surface area contributed by atoms with Crippen molar-refractivity contribution in [2.24, 2.45) is 0 Å². The Bertz CT molecular complexity index is 1170. The van der Waals surface area contributed by atoms with Crippen LogP contribution in [0.2, 0.25) is 0 Å². The third-order valence-corrected chi connectivity index (χ3v) is 7.38. The van der Waals surface area contributed by atoms with Gasteiger partial charge < -0.3 is 9.15 Å². The van der Waals surface area contributed by atoms with E-state index in [1.54, 1.807) is 19.2 Å². The fraction of sp³-hybridized carbons (Fsp3) is 0.400. The number of oxazole rings is 1. The average Bonchev–Trinajstić information content (AvgIpc) is 3.37. The lowest BCUT2D eigenvalue weighted by atomic mass is 10.0. The minimum Gasteiger partial charge on any atom is -0.441 e. The van der Waals surface area contributed by atoms with Gasteiger partial charge >= 0.3 is 0 Å². The van der Waals surface area contributed by atoms with Crippen molar-refractivity contribution < 1.29 is 17.6 Å². The van der Waals surface area contributed by atoms with Crippen molar-refractivity contribution >= 4 is 9.84 Å². The molecular formula is C25H30N2O4S. The molecule has 7 heteroatoms. The Kier molecular flexibility index (Phi) is 6.51. The Morgan fingerprint density at radius 1 is 1.09 bits per heavy atom. The minimum atomic E-state index is -3.20. The normalized spacial score (nSPS) is 18.2. The quantitative estimate of drug-likeness (QED) is 0.514. The fourth-order valence-corrected chi connectivity index (χ4v) is 4.96. The topological polar surface area (TPSA) is 72.6 Å². The molecule has 0 N–H and O–H groups in total. The lowest BCUT2D eigenvalue weighted by Crippen LogP contribution is -2.40. The molecule has 0 spiro atoms. The predicted molar refractivity (Wildman–Crippen MR) is 125 cm³/mol. The molecule has 3 aromatic rings. The molecule has 1 aliphatic rings. The van der Waals surface area contributed by atoms with Gasteiger partial charge in [-0.25, -0.2) is 13.4 Å². The van der Waals surface area contributed by atoms with Crippen LogP contribution in [-0.2, 0) is 21.0 Å². The first-order chi connectivity index (χ1) is 15.3. The predicted octanol–water partition coefficient (Wildman–Crippen LogP) is 4.72. The van der Waals surface area contributed by atoms with Crippen LogP contribution < -0.4 is 0 Å². The van der Waals surface area contributed by atoms with E-state index in [0.717, 1.165) is 34.7 Å². The van der Waals surface area contributed by atoms with Crippen molar-refractivity contribution in [2.75, 3.05) is 19.9 Å². The summed E-state index contributed by atoms with van der Waals surface area (Å²) in [5.41, 5.74) is 3.78. The molecule has 0 amide bonds. The molecule has 1 saturated heterocycles. The van der Waals surface area contributed by atoms with Crippen molar-refractivity contribution in [1.82, 2.24) is 9.88 Å². The zero-order chi connectivity index (χ0) is 22.9. The van der Waals surface area contributed by atoms with Crippen LogP contribution in [-0.4, -0.2) is 50.5 Å². The summed E-state index contributed by atoms with van der Waals surface area (Å²) in [5, 5.41) is 0. The third-order valence-electron chi connectivity index (χ3n) is 6.25. The molecule has 32 heavy (non-hydrogen) atoms. The highest BCUT2D eigenvalue weighted by molar-refractivity contribution is 7.90. The maximum absolute atomic E-state index is 11.7. The summed E-state index contributed by atoms with van der Waals surface area (Å²) in [5.74, 6) is 1.41. The molecule has 2 aromatic carbocycles. The monoisotopic (exact) mass is 454 g/mol. The summed E-state index contributed by atoms with van der Waals surface area (Å²) in [6.45, 7) is 5.25. The summed E-state index contributed by atoms with van der Waals surface area (Å²) < 4.78 is 35.1. The van der Waals surface area contributed by atoms with Gasteiger partial charge in [-0.05, 0) is 62.1 Å². The van der Waals surface area contributed by atoms with E-state index in [0.29, 0.717) is 23.2 Å². The molecule has 1 aliphatic heterocycles. The molecule has 2 unspecified atom stereocenters. The maximum Gasteiger partial charge on any atom is 0.226 e. The molecule has 0 radical (unpaired) electrons. The second kappa shape index (κ2) is 9.17. The average molecular weight is 455 g/mol. The lowest BCUT2D eigenvalue weighted by molar-refractivity contribution is -0.0360. The number of hydrogen-bond acceptors (Lipinski definition) is 6. The zero-order valence-electron chi connectivity index (χ0n) is 19.0. The Balaban J connectivity index is 1.51. The van der Waals surface area contributed by atoms with E-state index in [4.69, 9.17) is 14.1 Å². The molecule has 4 rings (SSSR count). The standard InChI is InChI=1S/C25H30N2O4S/c1-17-6-5-15-27(17)24(30-3)16-23-18(2)31-25(26-23)21-9-7-19(8-10-21)20-11-13-22(14-12-20)32(4,28)29/h7-14,17,24H,5-6,15-16H2,1-4H3. The van der Waals surface area contributed by atoms with Gasteiger partial charge in [0.1, 0.15) is 12.0 Å². The van der Waals surface area contributed by atoms with E-state index in [2.05, 4.69) is 11.8 Å². The SMILES string of the molecule is COC(Cc1nc(-c2ccc(-c3ccc(S(C)(=O)=O)cc3)cc2)oc1C)N1CCCC1C. The Labute approximate surface area is 190 Å². The Hall–Kier alpha value is -2.48. The van der Waals surface area contributed by atoms with Crippen molar-refractivity contribution in [3.63, 3.8) is 0 Å². The summed E-state index contributed by atoms with van der Waals surface area (Å²) in [4.78, 5) is 7.48. The van der Waals surface area contributed by atoms with Crippen LogP contribution in [0.15, 0.2) is 57.8 Å². The molecule has 0 bridgehead atoms. The van der Waals surface area contributed by atoms with Crippen LogP contribution >= 0.6 is 0 Å². The van der Waals surface area contributed by atoms with E-state index in [1.165, 1.54) is 19.1 Å². The van der Waals surface area contributed by atoms with Crippen LogP contribution in [0.1, 0.15) is 31.2 Å². The molecule has 0 aliphatic carbocycles. The van der Waals surface area contributed by atoms with Crippen LogP contribution in [0.25, 0.3) is 22.6 Å². The fourth-order valence-electron chi connectivity index (χ4n) is 4.33. The molecule has 0 saturated carbocycles. The first kappa shape index (κ1) is 22.7. The molecule has 2 heterocycles. The van der Waals surface area contributed by atoms with Gasteiger partial charge in [-0.1, -0.05) is 24.3 Å². The van der Waals surface area contributed by atoms with E-state index in [9.17, 15) is 8.42 Å². The van der Waals surface area contributed by atoms with Crippen molar-refractivity contribution in [3.05, 3.63) is 60.0 Å². The van der Waals surface area contributed by atoms with E-state index >= 15 is 0 Å². The summed E-state index contributed by atoms with van der Waals surface area (Å²) in [6.07, 6.45) is 4.31. The molecule has 2 atom stereocenters. The van der Waals surface area contributed by atoms with Gasteiger partial charge in [0.15, 0.2) is 9.84 Å². The van der Waals surface area contributed by atoms with Crippen LogP contribution in [0.5, 0.6) is 0 Å². The number of rotatable bonds is 7. The molecule has 6 nitrogen and oxygen atoms in total. The Morgan fingerprint density at radius 3 is 2.22 bits per heavy atom. The summed E-state index contributed by atoms with van der Waals surface area (Å²) >= 11 is 0. The number of likely N-dealkylation sites (tertiary alicyclic amines) is 1. The second-order valence-corrected chi connectivity index (χ2v) is 10.5. The first-order valence-electron chi connectivity index (χ1n) is 10.9. The number of sulfone groups is 1. The van der Waals surface area contributed by atoms with E-state index in [1.807, 2.05) is 43.3 Å². The second-order valence-electron chi connectivity index (χ2n) is 8.52. The largest absolute Gasteiger partial charge is 0.441 e. The third kappa shape index (κ3) is 4.80. The van der Waals surface area contributed by atoms with Gasteiger partial charge in [0.05, 0.1) is 10.6 Å². The highest BCUT2D eigenvalue weighted by atomic mass is 32.2. The summed E-state index contributed by atoms with van der Waals surface area (Å²) in [6, 6.07) is 15.4. The van der Waals surface area contributed by atoms with Gasteiger partial charge in [-0.2, -0.15) is 0 Å². The van der Waals surface area contributed by atoms with Crippen molar-refractivity contribution in [1.29, 1.82) is 0 Å². The highest BCUT2D eigenvalue weighted by Crippen LogP contribution is 2.28. The zero-order valence-corrected chi connectivity index (χ0v) is 19.9. The number of nitrogens with zero attached hydrogens (tertiary/aromatic N) is 2. The van der Waals surface area contributed by atoms with Gasteiger partial charge in [0, 0.05) is 37.9 Å². The van der Waals surface area contributed by atoms with Crippen LogP contribution in [0.3, 0.4) is 0 Å². The maximum atomic E-state index is 11.7. The molecule has 1 fully saturated rings. The smallest absolute Gasteiger partial charge is 0.226 e. The molecule has 1 aromatic heterocycles. The van der Waals surface area contributed by atoms with Gasteiger partial charge in [-0.3, -0.25) is 4.90 Å². The minimum absolute atomic E-state index is 0.00133. The number of aryl methyl sites for hydroxylation is 1. The van der Waals surface area contributed by atoms with E-state index < -0.39 is 9.84 Å².